The Bertz CT molecular complexity index is 794. The van der Waals surface area contributed by atoms with E-state index in [1.165, 1.54) is 28.6 Å². The molecule has 1 N–H and O–H groups in total. The van der Waals surface area contributed by atoms with Crippen molar-refractivity contribution in [1.82, 2.24) is 9.21 Å². The molecule has 7 nitrogen and oxygen atoms in total. The minimum absolute atomic E-state index is 0.149. The van der Waals surface area contributed by atoms with Gasteiger partial charge in [0.15, 0.2) is 0 Å². The SMILES string of the molecule is CC(C)N(CCN(C(C)C)S(=O)(=O)c1ccc(NS(C)(=O)=O)cc1)C(C)C. The average Bonchev–Trinajstić information content (AvgIpc) is 2.48. The van der Waals surface area contributed by atoms with E-state index in [4.69, 9.17) is 0 Å². The van der Waals surface area contributed by atoms with Crippen molar-refractivity contribution in [2.24, 2.45) is 0 Å². The Hall–Kier alpha value is -1.16. The molecule has 0 bridgehead atoms. The van der Waals surface area contributed by atoms with Gasteiger partial charge in [0.1, 0.15) is 0 Å². The highest BCUT2D eigenvalue weighted by Crippen LogP contribution is 2.21. The third-order valence-corrected chi connectivity index (χ3v) is 6.94. The van der Waals surface area contributed by atoms with Crippen LogP contribution >= 0.6 is 0 Å². The number of anilines is 1. The van der Waals surface area contributed by atoms with Crippen LogP contribution in [0.15, 0.2) is 29.2 Å². The average molecular weight is 420 g/mol. The second kappa shape index (κ2) is 9.36. The first-order chi connectivity index (χ1) is 12.3. The van der Waals surface area contributed by atoms with Crippen molar-refractivity contribution in [1.29, 1.82) is 0 Å². The van der Waals surface area contributed by atoms with Crippen molar-refractivity contribution in [2.45, 2.75) is 64.6 Å². The smallest absolute Gasteiger partial charge is 0.243 e. The first kappa shape index (κ1) is 23.9. The molecule has 0 atom stereocenters. The Labute approximate surface area is 164 Å². The van der Waals surface area contributed by atoms with Crippen LogP contribution in [0, 0.1) is 0 Å². The first-order valence-corrected chi connectivity index (χ1v) is 12.4. The summed E-state index contributed by atoms with van der Waals surface area (Å²) in [6.45, 7) is 13.1. The van der Waals surface area contributed by atoms with Crippen molar-refractivity contribution in [2.75, 3.05) is 24.1 Å². The standard InChI is InChI=1S/C18H33N3O4S2/c1-14(2)20(15(3)4)12-13-21(16(5)6)27(24,25)18-10-8-17(9-11-18)19-26(7,22)23/h8-11,14-16,19H,12-13H2,1-7H3. The molecule has 9 heteroatoms. The number of nitrogens with one attached hydrogen (secondary N) is 1. The summed E-state index contributed by atoms with van der Waals surface area (Å²) in [5.74, 6) is 0. The lowest BCUT2D eigenvalue weighted by atomic mass is 10.2. The normalized spacial score (nSPS) is 13.3. The Morgan fingerprint density at radius 3 is 1.67 bits per heavy atom. The summed E-state index contributed by atoms with van der Waals surface area (Å²) in [4.78, 5) is 2.40. The van der Waals surface area contributed by atoms with Crippen LogP contribution in [-0.2, 0) is 20.0 Å². The zero-order valence-corrected chi connectivity index (χ0v) is 18.9. The number of hydrogen-bond acceptors (Lipinski definition) is 5. The van der Waals surface area contributed by atoms with E-state index in [1.807, 2.05) is 13.8 Å². The predicted octanol–water partition coefficient (Wildman–Crippen LogP) is 2.58. The van der Waals surface area contributed by atoms with Gasteiger partial charge < -0.3 is 0 Å². The molecular weight excluding hydrogens is 386 g/mol. The van der Waals surface area contributed by atoms with E-state index >= 15 is 0 Å². The van der Waals surface area contributed by atoms with Gasteiger partial charge in [-0.05, 0) is 65.8 Å². The monoisotopic (exact) mass is 419 g/mol. The maximum absolute atomic E-state index is 13.1. The summed E-state index contributed by atoms with van der Waals surface area (Å²) in [6, 6.07) is 6.24. The van der Waals surface area contributed by atoms with E-state index in [1.54, 1.807) is 0 Å². The lowest BCUT2D eigenvalue weighted by molar-refractivity contribution is 0.159. The Morgan fingerprint density at radius 1 is 0.815 bits per heavy atom. The molecule has 0 radical (unpaired) electrons. The highest BCUT2D eigenvalue weighted by atomic mass is 32.2. The highest BCUT2D eigenvalue weighted by Gasteiger charge is 2.28. The molecule has 0 spiro atoms. The third kappa shape index (κ3) is 7.06. The van der Waals surface area contributed by atoms with Crippen LogP contribution in [0.4, 0.5) is 5.69 Å². The summed E-state index contributed by atoms with van der Waals surface area (Å²) in [7, 11) is -7.08. The summed E-state index contributed by atoms with van der Waals surface area (Å²) in [5.41, 5.74) is 0.332. The zero-order chi connectivity index (χ0) is 21.0. The first-order valence-electron chi connectivity index (χ1n) is 9.11. The minimum atomic E-state index is -3.68. The molecule has 0 saturated heterocycles. The van der Waals surface area contributed by atoms with Crippen LogP contribution in [-0.4, -0.2) is 63.5 Å². The number of hydrogen-bond donors (Lipinski definition) is 1. The largest absolute Gasteiger partial charge is 0.297 e. The Kier molecular flexibility index (Phi) is 8.28. The van der Waals surface area contributed by atoms with Crippen LogP contribution in [0.2, 0.25) is 0 Å². The number of rotatable bonds is 10. The molecule has 0 aliphatic carbocycles. The molecule has 1 aromatic carbocycles. The molecule has 0 aromatic heterocycles. The van der Waals surface area contributed by atoms with Crippen LogP contribution < -0.4 is 4.72 Å². The van der Waals surface area contributed by atoms with Crippen LogP contribution in [0.25, 0.3) is 0 Å². The van der Waals surface area contributed by atoms with Crippen molar-refractivity contribution in [3.05, 3.63) is 24.3 Å². The summed E-state index contributed by atoms with van der Waals surface area (Å²) in [6.07, 6.45) is 1.05. The maximum Gasteiger partial charge on any atom is 0.243 e. The van der Waals surface area contributed by atoms with Gasteiger partial charge >= 0.3 is 0 Å². The third-order valence-electron chi connectivity index (χ3n) is 4.25. The second-order valence-corrected chi connectivity index (χ2v) is 11.2. The van der Waals surface area contributed by atoms with Crippen LogP contribution in [0.1, 0.15) is 41.5 Å². The van der Waals surface area contributed by atoms with E-state index in [0.29, 0.717) is 30.9 Å². The Morgan fingerprint density at radius 2 is 1.30 bits per heavy atom. The van der Waals surface area contributed by atoms with Gasteiger partial charge in [0.05, 0.1) is 11.2 Å². The van der Waals surface area contributed by atoms with Gasteiger partial charge in [-0.15, -0.1) is 0 Å². The lowest BCUT2D eigenvalue weighted by Crippen LogP contribution is -2.46. The molecular formula is C18H33N3O4S2. The van der Waals surface area contributed by atoms with E-state index in [2.05, 4.69) is 37.3 Å². The molecule has 156 valence electrons. The molecule has 0 saturated carbocycles. The van der Waals surface area contributed by atoms with Crippen LogP contribution in [0.5, 0.6) is 0 Å². The fourth-order valence-corrected chi connectivity index (χ4v) is 5.22. The summed E-state index contributed by atoms with van der Waals surface area (Å²) in [5, 5.41) is 0. The van der Waals surface area contributed by atoms with E-state index in [9.17, 15) is 16.8 Å². The molecule has 27 heavy (non-hydrogen) atoms. The highest BCUT2D eigenvalue weighted by molar-refractivity contribution is 7.92. The molecule has 0 fully saturated rings. The Balaban J connectivity index is 3.05. The molecule has 1 rings (SSSR count). The van der Waals surface area contributed by atoms with Gasteiger partial charge in [-0.25, -0.2) is 16.8 Å². The van der Waals surface area contributed by atoms with Gasteiger partial charge in [-0.2, -0.15) is 4.31 Å². The lowest BCUT2D eigenvalue weighted by Gasteiger charge is -2.34. The number of sulfonamides is 2. The maximum atomic E-state index is 13.1. The molecule has 0 aliphatic rings. The van der Waals surface area contributed by atoms with Crippen molar-refractivity contribution >= 4 is 25.7 Å². The fraction of sp³-hybridized carbons (Fsp3) is 0.667. The van der Waals surface area contributed by atoms with E-state index in [-0.39, 0.29) is 10.9 Å². The fourth-order valence-electron chi connectivity index (χ4n) is 3.03. The molecule has 0 heterocycles. The van der Waals surface area contributed by atoms with Gasteiger partial charge in [0.2, 0.25) is 20.0 Å². The zero-order valence-electron chi connectivity index (χ0n) is 17.3. The number of nitrogens with zero attached hydrogens (tertiary/aromatic N) is 2. The van der Waals surface area contributed by atoms with Crippen LogP contribution in [0.3, 0.4) is 0 Å². The van der Waals surface area contributed by atoms with Crippen molar-refractivity contribution in [3.63, 3.8) is 0 Å². The molecule has 0 amide bonds. The number of benzene rings is 1. The molecule has 0 aliphatic heterocycles. The quantitative estimate of drug-likeness (QED) is 0.630. The van der Waals surface area contributed by atoms with E-state index < -0.39 is 20.0 Å². The topological polar surface area (TPSA) is 86.8 Å². The van der Waals surface area contributed by atoms with Gasteiger partial charge in [0, 0.05) is 36.9 Å². The van der Waals surface area contributed by atoms with Gasteiger partial charge in [-0.1, -0.05) is 0 Å². The second-order valence-electron chi connectivity index (χ2n) is 7.53. The summed E-state index contributed by atoms with van der Waals surface area (Å²) >= 11 is 0. The predicted molar refractivity (Wildman–Crippen MR) is 111 cm³/mol. The summed E-state index contributed by atoms with van der Waals surface area (Å²) < 4.78 is 52.6. The van der Waals surface area contributed by atoms with Gasteiger partial charge in [0.25, 0.3) is 0 Å². The minimum Gasteiger partial charge on any atom is -0.297 e. The molecule has 0 unspecified atom stereocenters. The van der Waals surface area contributed by atoms with Gasteiger partial charge in [-0.3, -0.25) is 9.62 Å². The molecule has 1 aromatic rings. The van der Waals surface area contributed by atoms with Crippen molar-refractivity contribution in [3.8, 4) is 0 Å². The van der Waals surface area contributed by atoms with E-state index in [0.717, 1.165) is 6.26 Å². The van der Waals surface area contributed by atoms with Crippen molar-refractivity contribution < 1.29 is 16.8 Å².